The summed E-state index contributed by atoms with van der Waals surface area (Å²) < 4.78 is 5.12. The molecule has 0 aliphatic heterocycles. The largest absolute Gasteiger partial charge is 0.490 e. The topological polar surface area (TPSA) is 78.4 Å². The highest BCUT2D eigenvalue weighted by molar-refractivity contribution is 6.32. The molecule has 6 heteroatoms. The molecule has 0 amide bonds. The van der Waals surface area contributed by atoms with Gasteiger partial charge in [-0.1, -0.05) is 11.6 Å². The molecule has 0 heterocycles. The Morgan fingerprint density at radius 1 is 1.57 bits per heavy atom. The van der Waals surface area contributed by atoms with Gasteiger partial charge in [0.05, 0.1) is 16.0 Å². The molecule has 0 unspecified atom stereocenters. The van der Waals surface area contributed by atoms with E-state index in [1.807, 2.05) is 0 Å². The van der Waals surface area contributed by atoms with Crippen LogP contribution in [0.5, 0.6) is 5.75 Å². The highest BCUT2D eigenvalue weighted by atomic mass is 35.5. The van der Waals surface area contributed by atoms with Crippen LogP contribution >= 0.6 is 11.6 Å². The van der Waals surface area contributed by atoms with Crippen LogP contribution in [0.3, 0.4) is 0 Å². The van der Waals surface area contributed by atoms with Crippen molar-refractivity contribution in [2.75, 3.05) is 13.2 Å². The summed E-state index contributed by atoms with van der Waals surface area (Å²) in [5.74, 6) is 0.284. The zero-order valence-electron chi connectivity index (χ0n) is 7.27. The lowest BCUT2D eigenvalue weighted by Crippen LogP contribution is -2.10. The fourth-order valence-corrected chi connectivity index (χ4v) is 1.06. The lowest BCUT2D eigenvalue weighted by molar-refractivity contribution is -0.384. The van der Waals surface area contributed by atoms with E-state index in [1.165, 1.54) is 18.2 Å². The summed E-state index contributed by atoms with van der Waals surface area (Å²) in [5, 5.41) is 10.8. The number of non-ortho nitro benzene ring substituents is 1. The number of nitro benzene ring substituents is 1. The Balaban J connectivity index is 2.90. The van der Waals surface area contributed by atoms with Gasteiger partial charge < -0.3 is 10.5 Å². The highest BCUT2D eigenvalue weighted by Crippen LogP contribution is 2.28. The van der Waals surface area contributed by atoms with Gasteiger partial charge in [0.25, 0.3) is 5.69 Å². The summed E-state index contributed by atoms with van der Waals surface area (Å²) in [6, 6.07) is 4.02. The first-order valence-corrected chi connectivity index (χ1v) is 4.29. The van der Waals surface area contributed by atoms with E-state index in [9.17, 15) is 10.1 Å². The zero-order valence-corrected chi connectivity index (χ0v) is 8.03. The van der Waals surface area contributed by atoms with Crippen molar-refractivity contribution in [3.63, 3.8) is 0 Å². The minimum atomic E-state index is -0.508. The Kier molecular flexibility index (Phi) is 3.67. The first-order chi connectivity index (χ1) is 6.65. The molecule has 5 nitrogen and oxygen atoms in total. The minimum Gasteiger partial charge on any atom is -0.490 e. The lowest BCUT2D eigenvalue weighted by atomic mass is 10.3. The summed E-state index contributed by atoms with van der Waals surface area (Å²) in [6.45, 7) is 0.611. The van der Waals surface area contributed by atoms with Gasteiger partial charge in [0.2, 0.25) is 0 Å². The fraction of sp³-hybridized carbons (Fsp3) is 0.250. The van der Waals surface area contributed by atoms with E-state index in [4.69, 9.17) is 22.1 Å². The van der Waals surface area contributed by atoms with Crippen molar-refractivity contribution in [3.8, 4) is 5.75 Å². The van der Waals surface area contributed by atoms with Gasteiger partial charge in [-0.05, 0) is 6.07 Å². The Bertz CT molecular complexity index is 343. The average molecular weight is 217 g/mol. The van der Waals surface area contributed by atoms with Crippen LogP contribution in [-0.2, 0) is 0 Å². The summed E-state index contributed by atoms with van der Waals surface area (Å²) in [4.78, 5) is 9.91. The second kappa shape index (κ2) is 4.78. The third kappa shape index (κ3) is 2.58. The summed E-state index contributed by atoms with van der Waals surface area (Å²) >= 11 is 5.75. The normalized spacial score (nSPS) is 9.86. The van der Waals surface area contributed by atoms with E-state index >= 15 is 0 Å². The van der Waals surface area contributed by atoms with Gasteiger partial charge in [0, 0.05) is 12.6 Å². The van der Waals surface area contributed by atoms with Gasteiger partial charge >= 0.3 is 0 Å². The first kappa shape index (κ1) is 10.7. The van der Waals surface area contributed by atoms with E-state index < -0.39 is 4.92 Å². The molecular weight excluding hydrogens is 208 g/mol. The Labute approximate surface area is 85.6 Å². The van der Waals surface area contributed by atoms with Crippen molar-refractivity contribution in [2.24, 2.45) is 5.73 Å². The van der Waals surface area contributed by atoms with Crippen molar-refractivity contribution in [1.29, 1.82) is 0 Å². The standard InChI is InChI=1S/C8H9ClN2O3/c9-7-2-1-6(11(12)13)5-8(7)14-4-3-10/h1-2,5H,3-4,10H2. The van der Waals surface area contributed by atoms with Gasteiger partial charge in [-0.3, -0.25) is 10.1 Å². The van der Waals surface area contributed by atoms with E-state index in [-0.39, 0.29) is 18.0 Å². The molecule has 0 aliphatic rings. The van der Waals surface area contributed by atoms with E-state index in [2.05, 4.69) is 0 Å². The molecule has 1 aromatic rings. The van der Waals surface area contributed by atoms with Gasteiger partial charge in [-0.25, -0.2) is 0 Å². The molecule has 76 valence electrons. The molecular formula is C8H9ClN2O3. The molecule has 0 aliphatic carbocycles. The number of nitrogens with two attached hydrogens (primary N) is 1. The number of rotatable bonds is 4. The van der Waals surface area contributed by atoms with E-state index in [1.54, 1.807) is 0 Å². The monoisotopic (exact) mass is 216 g/mol. The Hall–Kier alpha value is -1.33. The first-order valence-electron chi connectivity index (χ1n) is 3.92. The summed E-state index contributed by atoms with van der Waals surface area (Å²) in [7, 11) is 0. The van der Waals surface area contributed by atoms with Crippen LogP contribution in [0.15, 0.2) is 18.2 Å². The number of nitrogens with zero attached hydrogens (tertiary/aromatic N) is 1. The molecule has 0 atom stereocenters. The van der Waals surface area contributed by atoms with E-state index in [0.717, 1.165) is 0 Å². The fourth-order valence-electron chi connectivity index (χ4n) is 0.885. The van der Waals surface area contributed by atoms with Crippen LogP contribution in [-0.4, -0.2) is 18.1 Å². The van der Waals surface area contributed by atoms with Gasteiger partial charge in [0.1, 0.15) is 12.4 Å². The third-order valence-electron chi connectivity index (χ3n) is 1.50. The van der Waals surface area contributed by atoms with Crippen LogP contribution in [0.2, 0.25) is 5.02 Å². The predicted octanol–water partition coefficient (Wildman–Crippen LogP) is 1.59. The molecule has 0 aromatic heterocycles. The molecule has 0 spiro atoms. The van der Waals surface area contributed by atoms with Crippen molar-refractivity contribution < 1.29 is 9.66 Å². The maximum Gasteiger partial charge on any atom is 0.273 e. The van der Waals surface area contributed by atoms with Gasteiger partial charge in [-0.15, -0.1) is 0 Å². The summed E-state index contributed by atoms with van der Waals surface area (Å²) in [6.07, 6.45) is 0. The Morgan fingerprint density at radius 3 is 2.86 bits per heavy atom. The van der Waals surface area contributed by atoms with Crippen LogP contribution < -0.4 is 10.5 Å². The second-order valence-electron chi connectivity index (χ2n) is 2.51. The Morgan fingerprint density at radius 2 is 2.29 bits per heavy atom. The average Bonchev–Trinajstić information content (AvgIpc) is 2.16. The molecule has 1 aromatic carbocycles. The molecule has 0 saturated heterocycles. The van der Waals surface area contributed by atoms with Crippen LogP contribution in [0, 0.1) is 10.1 Å². The maximum atomic E-state index is 10.4. The van der Waals surface area contributed by atoms with Crippen molar-refractivity contribution in [2.45, 2.75) is 0 Å². The van der Waals surface area contributed by atoms with Crippen LogP contribution in [0.1, 0.15) is 0 Å². The molecule has 0 fully saturated rings. The van der Waals surface area contributed by atoms with Crippen molar-refractivity contribution >= 4 is 17.3 Å². The predicted molar refractivity (Wildman–Crippen MR) is 52.7 cm³/mol. The highest BCUT2D eigenvalue weighted by Gasteiger charge is 2.10. The van der Waals surface area contributed by atoms with E-state index in [0.29, 0.717) is 11.6 Å². The molecule has 14 heavy (non-hydrogen) atoms. The zero-order chi connectivity index (χ0) is 10.6. The SMILES string of the molecule is NCCOc1cc([N+](=O)[O-])ccc1Cl. The smallest absolute Gasteiger partial charge is 0.273 e. The lowest BCUT2D eigenvalue weighted by Gasteiger charge is -2.05. The molecule has 2 N–H and O–H groups in total. The maximum absolute atomic E-state index is 10.4. The molecule has 0 radical (unpaired) electrons. The number of hydrogen-bond acceptors (Lipinski definition) is 4. The minimum absolute atomic E-state index is 0.0542. The number of halogens is 1. The second-order valence-corrected chi connectivity index (χ2v) is 2.92. The molecule has 0 saturated carbocycles. The summed E-state index contributed by atoms with van der Waals surface area (Å²) in [5.41, 5.74) is 5.17. The molecule has 0 bridgehead atoms. The van der Waals surface area contributed by atoms with Crippen LogP contribution in [0.4, 0.5) is 5.69 Å². The van der Waals surface area contributed by atoms with Gasteiger partial charge in [-0.2, -0.15) is 0 Å². The number of nitro groups is 1. The number of ether oxygens (including phenoxy) is 1. The number of benzene rings is 1. The quantitative estimate of drug-likeness (QED) is 0.612. The van der Waals surface area contributed by atoms with Crippen molar-refractivity contribution in [3.05, 3.63) is 33.3 Å². The molecule has 1 rings (SSSR count). The van der Waals surface area contributed by atoms with Gasteiger partial charge in [0.15, 0.2) is 0 Å². The third-order valence-corrected chi connectivity index (χ3v) is 1.81. The van der Waals surface area contributed by atoms with Crippen LogP contribution in [0.25, 0.3) is 0 Å². The van der Waals surface area contributed by atoms with Crippen molar-refractivity contribution in [1.82, 2.24) is 0 Å². The number of hydrogen-bond donors (Lipinski definition) is 1.